The quantitative estimate of drug-likeness (QED) is 0.409. The van der Waals surface area contributed by atoms with Crippen molar-refractivity contribution in [1.29, 1.82) is 0 Å². The third-order valence-electron chi connectivity index (χ3n) is 4.83. The second kappa shape index (κ2) is 8.93. The lowest BCUT2D eigenvalue weighted by Gasteiger charge is -2.10. The number of hydrogen-bond donors (Lipinski definition) is 1. The standard InChI is InChI=1S/C22H23N5O4S/c1-15-7-8-19(16(2)13-15)32(28,29)23-11-12-31-21-10-9-20-24-25-22(27(20)26-21)17-5-4-6-18(14-17)30-3/h4-10,13-14,23H,11-12H2,1-3H3. The van der Waals surface area contributed by atoms with E-state index >= 15 is 0 Å². The Hall–Kier alpha value is -3.50. The molecule has 1 N–H and O–H groups in total. The monoisotopic (exact) mass is 453 g/mol. The van der Waals surface area contributed by atoms with Crippen molar-refractivity contribution in [1.82, 2.24) is 24.5 Å². The molecular formula is C22H23N5O4S. The van der Waals surface area contributed by atoms with E-state index < -0.39 is 10.0 Å². The van der Waals surface area contributed by atoms with Crippen LogP contribution >= 0.6 is 0 Å². The molecule has 0 aliphatic heterocycles. The van der Waals surface area contributed by atoms with Gasteiger partial charge in [-0.1, -0.05) is 29.8 Å². The Labute approximate surface area is 186 Å². The Kier molecular flexibility index (Phi) is 6.06. The van der Waals surface area contributed by atoms with Gasteiger partial charge in [-0.25, -0.2) is 13.1 Å². The van der Waals surface area contributed by atoms with E-state index in [0.29, 0.717) is 28.7 Å². The van der Waals surface area contributed by atoms with Gasteiger partial charge in [0.1, 0.15) is 12.4 Å². The Morgan fingerprint density at radius 3 is 2.66 bits per heavy atom. The fourth-order valence-electron chi connectivity index (χ4n) is 3.30. The van der Waals surface area contributed by atoms with Gasteiger partial charge in [0.2, 0.25) is 15.9 Å². The zero-order chi connectivity index (χ0) is 22.7. The summed E-state index contributed by atoms with van der Waals surface area (Å²) in [4.78, 5) is 0.259. The average Bonchev–Trinajstić information content (AvgIpc) is 3.20. The number of benzene rings is 2. The number of nitrogens with zero attached hydrogens (tertiary/aromatic N) is 4. The molecule has 166 valence electrons. The lowest BCUT2D eigenvalue weighted by atomic mass is 10.2. The highest BCUT2D eigenvalue weighted by Gasteiger charge is 2.16. The van der Waals surface area contributed by atoms with Crippen molar-refractivity contribution in [2.24, 2.45) is 0 Å². The topological polar surface area (TPSA) is 108 Å². The van der Waals surface area contributed by atoms with Gasteiger partial charge in [-0.15, -0.1) is 15.3 Å². The van der Waals surface area contributed by atoms with Crippen LogP contribution in [0.1, 0.15) is 11.1 Å². The van der Waals surface area contributed by atoms with E-state index in [1.54, 1.807) is 42.8 Å². The molecule has 0 spiro atoms. The normalized spacial score (nSPS) is 11.6. The summed E-state index contributed by atoms with van der Waals surface area (Å²) in [5.74, 6) is 1.56. The first kappa shape index (κ1) is 21.7. The minimum absolute atomic E-state index is 0.0975. The predicted molar refractivity (Wildman–Crippen MR) is 119 cm³/mol. The van der Waals surface area contributed by atoms with Crippen LogP contribution in [0.5, 0.6) is 11.6 Å². The third-order valence-corrected chi connectivity index (χ3v) is 6.45. The van der Waals surface area contributed by atoms with E-state index in [2.05, 4.69) is 20.0 Å². The predicted octanol–water partition coefficient (Wildman–Crippen LogP) is 2.77. The highest BCUT2D eigenvalue weighted by Crippen LogP contribution is 2.23. The summed E-state index contributed by atoms with van der Waals surface area (Å²) in [6.07, 6.45) is 0. The molecule has 0 saturated heterocycles. The molecule has 2 aromatic heterocycles. The molecular weight excluding hydrogens is 430 g/mol. The van der Waals surface area contributed by atoms with Crippen molar-refractivity contribution in [3.05, 3.63) is 65.7 Å². The van der Waals surface area contributed by atoms with Crippen molar-refractivity contribution in [2.75, 3.05) is 20.3 Å². The number of aryl methyl sites for hydroxylation is 2. The Morgan fingerprint density at radius 2 is 1.88 bits per heavy atom. The van der Waals surface area contributed by atoms with Gasteiger partial charge < -0.3 is 9.47 Å². The molecule has 32 heavy (non-hydrogen) atoms. The van der Waals surface area contributed by atoms with Crippen molar-refractivity contribution >= 4 is 15.7 Å². The number of fused-ring (bicyclic) bond motifs is 1. The molecule has 4 rings (SSSR count). The summed E-state index contributed by atoms with van der Waals surface area (Å²) < 4.78 is 40.2. The first-order chi connectivity index (χ1) is 15.4. The molecule has 0 unspecified atom stereocenters. The molecule has 0 saturated carbocycles. The fourth-order valence-corrected chi connectivity index (χ4v) is 4.54. The summed E-state index contributed by atoms with van der Waals surface area (Å²) in [5.41, 5.74) is 3.06. The minimum Gasteiger partial charge on any atom is -0.497 e. The lowest BCUT2D eigenvalue weighted by Crippen LogP contribution is -2.29. The van der Waals surface area contributed by atoms with Gasteiger partial charge in [-0.3, -0.25) is 0 Å². The van der Waals surface area contributed by atoms with E-state index in [1.807, 2.05) is 37.3 Å². The van der Waals surface area contributed by atoms with Crippen molar-refractivity contribution in [3.8, 4) is 23.0 Å². The second-order valence-electron chi connectivity index (χ2n) is 7.21. The van der Waals surface area contributed by atoms with E-state index in [4.69, 9.17) is 9.47 Å². The molecule has 9 nitrogen and oxygen atoms in total. The fraction of sp³-hybridized carbons (Fsp3) is 0.227. The van der Waals surface area contributed by atoms with E-state index in [1.165, 1.54) is 0 Å². The summed E-state index contributed by atoms with van der Waals surface area (Å²) >= 11 is 0. The molecule has 0 fully saturated rings. The van der Waals surface area contributed by atoms with Crippen LogP contribution in [-0.4, -0.2) is 48.5 Å². The molecule has 0 bridgehead atoms. The second-order valence-corrected chi connectivity index (χ2v) is 8.95. The number of nitrogens with one attached hydrogen (secondary N) is 1. The molecule has 2 aromatic carbocycles. The van der Waals surface area contributed by atoms with Gasteiger partial charge in [0, 0.05) is 18.2 Å². The first-order valence-electron chi connectivity index (χ1n) is 9.94. The molecule has 4 aromatic rings. The maximum absolute atomic E-state index is 12.6. The highest BCUT2D eigenvalue weighted by molar-refractivity contribution is 7.89. The van der Waals surface area contributed by atoms with Crippen LogP contribution in [0.25, 0.3) is 17.0 Å². The number of methoxy groups -OCH3 is 1. The first-order valence-corrected chi connectivity index (χ1v) is 11.4. The van der Waals surface area contributed by atoms with Gasteiger partial charge in [0.25, 0.3) is 0 Å². The van der Waals surface area contributed by atoms with Gasteiger partial charge in [-0.05, 0) is 43.7 Å². The van der Waals surface area contributed by atoms with Gasteiger partial charge in [-0.2, -0.15) is 4.52 Å². The number of aromatic nitrogens is 4. The Morgan fingerprint density at radius 1 is 1.03 bits per heavy atom. The molecule has 0 aliphatic rings. The lowest BCUT2D eigenvalue weighted by molar-refractivity contribution is 0.306. The van der Waals surface area contributed by atoms with Crippen molar-refractivity contribution in [2.45, 2.75) is 18.7 Å². The largest absolute Gasteiger partial charge is 0.497 e. The summed E-state index contributed by atoms with van der Waals surface area (Å²) in [5, 5.41) is 12.8. The smallest absolute Gasteiger partial charge is 0.240 e. The van der Waals surface area contributed by atoms with Crippen LogP contribution in [0.2, 0.25) is 0 Å². The Balaban J connectivity index is 1.45. The van der Waals surface area contributed by atoms with Crippen LogP contribution in [0.15, 0.2) is 59.5 Å². The molecule has 0 radical (unpaired) electrons. The number of hydrogen-bond acceptors (Lipinski definition) is 7. The summed E-state index contributed by atoms with van der Waals surface area (Å²) in [7, 11) is -2.03. The van der Waals surface area contributed by atoms with Crippen molar-refractivity contribution in [3.63, 3.8) is 0 Å². The maximum atomic E-state index is 12.6. The number of rotatable bonds is 8. The minimum atomic E-state index is -3.62. The third kappa shape index (κ3) is 4.56. The molecule has 10 heteroatoms. The maximum Gasteiger partial charge on any atom is 0.240 e. The average molecular weight is 454 g/mol. The van der Waals surface area contributed by atoms with Gasteiger partial charge in [0.05, 0.1) is 12.0 Å². The molecule has 0 atom stereocenters. The van der Waals surface area contributed by atoms with E-state index in [-0.39, 0.29) is 18.0 Å². The number of sulfonamides is 1. The van der Waals surface area contributed by atoms with Crippen LogP contribution in [0.3, 0.4) is 0 Å². The zero-order valence-electron chi connectivity index (χ0n) is 17.9. The summed E-state index contributed by atoms with van der Waals surface area (Å²) in [6, 6.07) is 16.0. The van der Waals surface area contributed by atoms with E-state index in [9.17, 15) is 8.42 Å². The van der Waals surface area contributed by atoms with Crippen LogP contribution < -0.4 is 14.2 Å². The van der Waals surface area contributed by atoms with Gasteiger partial charge >= 0.3 is 0 Å². The zero-order valence-corrected chi connectivity index (χ0v) is 18.8. The SMILES string of the molecule is COc1cccc(-c2nnc3ccc(OCCNS(=O)(=O)c4ccc(C)cc4C)nn23)c1. The van der Waals surface area contributed by atoms with Crippen molar-refractivity contribution < 1.29 is 17.9 Å². The summed E-state index contributed by atoms with van der Waals surface area (Å²) in [6.45, 7) is 3.90. The number of ether oxygens (including phenoxy) is 2. The molecule has 2 heterocycles. The van der Waals surface area contributed by atoms with Crippen LogP contribution in [0, 0.1) is 13.8 Å². The highest BCUT2D eigenvalue weighted by atomic mass is 32.2. The van der Waals surface area contributed by atoms with E-state index in [0.717, 1.165) is 11.1 Å². The molecule has 0 amide bonds. The molecule has 0 aliphatic carbocycles. The van der Waals surface area contributed by atoms with Crippen LogP contribution in [0.4, 0.5) is 0 Å². The van der Waals surface area contributed by atoms with Gasteiger partial charge in [0.15, 0.2) is 11.5 Å². The Bertz CT molecular complexity index is 1370. The van der Waals surface area contributed by atoms with Crippen LogP contribution in [-0.2, 0) is 10.0 Å².